The van der Waals surface area contributed by atoms with E-state index in [2.05, 4.69) is 31.2 Å². The monoisotopic (exact) mass is 292 g/mol. The fourth-order valence-corrected chi connectivity index (χ4v) is 1.57. The Kier molecular flexibility index (Phi) is 3.30. The van der Waals surface area contributed by atoms with Crippen LogP contribution in [-0.2, 0) is 0 Å². The Bertz CT molecular complexity index is 594. The highest BCUT2D eigenvalue weighted by Gasteiger charge is 2.05. The first kappa shape index (κ1) is 11.5. The summed E-state index contributed by atoms with van der Waals surface area (Å²) in [4.78, 5) is 7.86. The van der Waals surface area contributed by atoms with E-state index in [1.807, 2.05) is 6.07 Å². The molecule has 0 aliphatic rings. The molecule has 0 aliphatic carbocycles. The van der Waals surface area contributed by atoms with Crippen LogP contribution in [0, 0.1) is 17.1 Å². The summed E-state index contributed by atoms with van der Waals surface area (Å²) in [6.45, 7) is 0. The van der Waals surface area contributed by atoms with Crippen molar-refractivity contribution in [2.45, 2.75) is 0 Å². The molecular formula is C11H6BrFN4. The van der Waals surface area contributed by atoms with E-state index < -0.39 is 5.82 Å². The Labute approximate surface area is 105 Å². The number of nitriles is 1. The van der Waals surface area contributed by atoms with Gasteiger partial charge in [0.2, 0.25) is 0 Å². The van der Waals surface area contributed by atoms with Gasteiger partial charge in [0.25, 0.3) is 0 Å². The molecule has 0 fully saturated rings. The molecule has 4 nitrogen and oxygen atoms in total. The van der Waals surface area contributed by atoms with E-state index in [9.17, 15) is 4.39 Å². The summed E-state index contributed by atoms with van der Waals surface area (Å²) in [5.41, 5.74) is 0.722. The van der Waals surface area contributed by atoms with Gasteiger partial charge in [-0.25, -0.2) is 14.4 Å². The minimum absolute atomic E-state index is 0.222. The van der Waals surface area contributed by atoms with Crippen LogP contribution in [0.1, 0.15) is 5.56 Å². The Morgan fingerprint density at radius 1 is 1.29 bits per heavy atom. The topological polar surface area (TPSA) is 61.6 Å². The predicted octanol–water partition coefficient (Wildman–Crippen LogP) is 2.99. The molecule has 1 aromatic heterocycles. The number of hydrogen-bond acceptors (Lipinski definition) is 4. The third kappa shape index (κ3) is 2.77. The van der Waals surface area contributed by atoms with Gasteiger partial charge in [-0.1, -0.05) is 0 Å². The van der Waals surface area contributed by atoms with Crippen molar-refractivity contribution in [1.29, 1.82) is 5.26 Å². The summed E-state index contributed by atoms with van der Waals surface area (Å²) in [5, 5.41) is 11.8. The van der Waals surface area contributed by atoms with Gasteiger partial charge >= 0.3 is 0 Å². The third-order valence-electron chi connectivity index (χ3n) is 2.00. The summed E-state index contributed by atoms with van der Waals surface area (Å²) in [6.07, 6.45) is 1.38. The highest BCUT2D eigenvalue weighted by Crippen LogP contribution is 2.21. The maximum atomic E-state index is 12.9. The Morgan fingerprint density at radius 3 is 2.82 bits per heavy atom. The largest absolute Gasteiger partial charge is 0.339 e. The number of hydrogen-bond donors (Lipinski definition) is 1. The van der Waals surface area contributed by atoms with Crippen molar-refractivity contribution in [3.05, 3.63) is 46.6 Å². The lowest BCUT2D eigenvalue weighted by molar-refractivity contribution is 0.627. The van der Waals surface area contributed by atoms with Gasteiger partial charge in [0, 0.05) is 6.07 Å². The van der Waals surface area contributed by atoms with E-state index in [0.29, 0.717) is 16.1 Å². The zero-order valence-corrected chi connectivity index (χ0v) is 10.1. The Morgan fingerprint density at radius 2 is 2.12 bits per heavy atom. The van der Waals surface area contributed by atoms with Gasteiger partial charge in [-0.15, -0.1) is 0 Å². The van der Waals surface area contributed by atoms with Crippen molar-refractivity contribution in [3.8, 4) is 6.07 Å². The molecule has 84 valence electrons. The highest BCUT2D eigenvalue weighted by molar-refractivity contribution is 9.10. The average Bonchev–Trinajstić information content (AvgIpc) is 2.31. The molecule has 1 N–H and O–H groups in total. The van der Waals surface area contributed by atoms with Crippen molar-refractivity contribution in [3.63, 3.8) is 0 Å². The van der Waals surface area contributed by atoms with Gasteiger partial charge in [0.15, 0.2) is 0 Å². The summed E-state index contributed by atoms with van der Waals surface area (Å²) < 4.78 is 13.5. The number of anilines is 2. The number of benzene rings is 1. The molecular weight excluding hydrogens is 287 g/mol. The maximum absolute atomic E-state index is 12.9. The van der Waals surface area contributed by atoms with Gasteiger partial charge in [-0.2, -0.15) is 5.26 Å². The summed E-state index contributed by atoms with van der Waals surface area (Å²) >= 11 is 3.21. The highest BCUT2D eigenvalue weighted by atomic mass is 79.9. The van der Waals surface area contributed by atoms with Crippen LogP contribution in [0.5, 0.6) is 0 Å². The Balaban J connectivity index is 2.34. The molecule has 0 unspecified atom stereocenters. The molecule has 2 aromatic rings. The molecule has 6 heteroatoms. The van der Waals surface area contributed by atoms with Gasteiger partial charge in [-0.05, 0) is 34.1 Å². The molecule has 1 heterocycles. The van der Waals surface area contributed by atoms with E-state index in [0.717, 1.165) is 0 Å². The molecule has 17 heavy (non-hydrogen) atoms. The second-order valence-electron chi connectivity index (χ2n) is 3.15. The van der Waals surface area contributed by atoms with E-state index in [1.165, 1.54) is 24.5 Å². The maximum Gasteiger partial charge on any atom is 0.134 e. The molecule has 0 bridgehead atoms. The smallest absolute Gasteiger partial charge is 0.134 e. The van der Waals surface area contributed by atoms with Crippen molar-refractivity contribution in [2.75, 3.05) is 5.32 Å². The lowest BCUT2D eigenvalue weighted by Gasteiger charge is -2.07. The number of halogens is 2. The van der Waals surface area contributed by atoms with Crippen molar-refractivity contribution in [2.24, 2.45) is 0 Å². The van der Waals surface area contributed by atoms with E-state index >= 15 is 0 Å². The molecule has 1 aromatic carbocycles. The van der Waals surface area contributed by atoms with Crippen LogP contribution in [0.4, 0.5) is 15.9 Å². The van der Waals surface area contributed by atoms with Crippen molar-refractivity contribution >= 4 is 27.4 Å². The molecule has 0 saturated carbocycles. The predicted molar refractivity (Wildman–Crippen MR) is 64.1 cm³/mol. The van der Waals surface area contributed by atoms with E-state index in [-0.39, 0.29) is 5.56 Å². The van der Waals surface area contributed by atoms with Crippen LogP contribution in [0.15, 0.2) is 35.2 Å². The lowest BCUT2D eigenvalue weighted by atomic mass is 10.2. The first-order valence-corrected chi connectivity index (χ1v) is 5.42. The molecule has 0 spiro atoms. The van der Waals surface area contributed by atoms with Gasteiger partial charge in [0.05, 0.1) is 11.3 Å². The van der Waals surface area contributed by atoms with E-state index in [1.54, 1.807) is 6.07 Å². The second-order valence-corrected chi connectivity index (χ2v) is 3.97. The van der Waals surface area contributed by atoms with Crippen molar-refractivity contribution < 1.29 is 4.39 Å². The van der Waals surface area contributed by atoms with Crippen LogP contribution in [0.3, 0.4) is 0 Å². The number of nitrogens with zero attached hydrogens (tertiary/aromatic N) is 3. The van der Waals surface area contributed by atoms with E-state index in [4.69, 9.17) is 5.26 Å². The fraction of sp³-hybridized carbons (Fsp3) is 0. The molecule has 0 aliphatic heterocycles. The van der Waals surface area contributed by atoms with Crippen molar-refractivity contribution in [1.82, 2.24) is 9.97 Å². The molecule has 2 rings (SSSR count). The quantitative estimate of drug-likeness (QED) is 0.865. The summed E-state index contributed by atoms with van der Waals surface area (Å²) in [5.74, 6) is 0.0750. The van der Waals surface area contributed by atoms with Gasteiger partial charge < -0.3 is 5.32 Å². The van der Waals surface area contributed by atoms with Gasteiger partial charge in [-0.3, -0.25) is 0 Å². The number of nitrogens with one attached hydrogen (secondary N) is 1. The second kappa shape index (κ2) is 4.89. The third-order valence-corrected chi connectivity index (χ3v) is 2.43. The number of rotatable bonds is 2. The number of aromatic nitrogens is 2. The zero-order chi connectivity index (χ0) is 12.3. The average molecular weight is 293 g/mol. The molecule has 0 amide bonds. The van der Waals surface area contributed by atoms with Crippen LogP contribution in [-0.4, -0.2) is 9.97 Å². The standard InChI is InChI=1S/C11H6BrFN4/c12-10-4-11(16-6-15-10)17-9-2-1-8(13)3-7(9)5-14/h1-4,6H,(H,15,16,17). The summed E-state index contributed by atoms with van der Waals surface area (Å²) in [6, 6.07) is 7.50. The van der Waals surface area contributed by atoms with Crippen LogP contribution in [0.2, 0.25) is 0 Å². The van der Waals surface area contributed by atoms with Gasteiger partial charge in [0.1, 0.15) is 28.6 Å². The van der Waals surface area contributed by atoms with Crippen LogP contribution < -0.4 is 5.32 Å². The first-order chi connectivity index (χ1) is 8.19. The minimum atomic E-state index is -0.448. The molecule has 0 saturated heterocycles. The summed E-state index contributed by atoms with van der Waals surface area (Å²) in [7, 11) is 0. The minimum Gasteiger partial charge on any atom is -0.339 e. The fourth-order valence-electron chi connectivity index (χ4n) is 1.26. The normalized spacial score (nSPS) is 9.71. The first-order valence-electron chi connectivity index (χ1n) is 4.63. The SMILES string of the molecule is N#Cc1cc(F)ccc1Nc1cc(Br)ncn1. The zero-order valence-electron chi connectivity index (χ0n) is 8.48. The molecule has 0 radical (unpaired) electrons. The Hall–Kier alpha value is -2.00. The van der Waals surface area contributed by atoms with Crippen LogP contribution in [0.25, 0.3) is 0 Å². The molecule has 0 atom stereocenters. The lowest BCUT2D eigenvalue weighted by Crippen LogP contribution is -1.97. The van der Waals surface area contributed by atoms with Crippen LogP contribution >= 0.6 is 15.9 Å².